The summed E-state index contributed by atoms with van der Waals surface area (Å²) in [5.41, 5.74) is 1.30. The minimum absolute atomic E-state index is 0.213. The lowest BCUT2D eigenvalue weighted by atomic mass is 9.99. The van der Waals surface area contributed by atoms with Gasteiger partial charge in [0, 0.05) is 13.0 Å². The second-order valence-corrected chi connectivity index (χ2v) is 4.92. The molecule has 0 unspecified atom stereocenters. The van der Waals surface area contributed by atoms with Gasteiger partial charge in [0.25, 0.3) is 0 Å². The van der Waals surface area contributed by atoms with Crippen LogP contribution >= 0.6 is 0 Å². The van der Waals surface area contributed by atoms with E-state index >= 15 is 0 Å². The van der Waals surface area contributed by atoms with E-state index in [-0.39, 0.29) is 6.42 Å². The molecule has 1 aliphatic rings. The van der Waals surface area contributed by atoms with Gasteiger partial charge in [0.05, 0.1) is 0 Å². The van der Waals surface area contributed by atoms with Gasteiger partial charge in [-0.25, -0.2) is 0 Å². The summed E-state index contributed by atoms with van der Waals surface area (Å²) in [6, 6.07) is 10.2. The second-order valence-electron chi connectivity index (χ2n) is 4.92. The third-order valence-electron chi connectivity index (χ3n) is 3.48. The normalized spacial score (nSPS) is 21.4. The van der Waals surface area contributed by atoms with E-state index in [2.05, 4.69) is 17.0 Å². The lowest BCUT2D eigenvalue weighted by Gasteiger charge is -2.16. The Morgan fingerprint density at radius 3 is 2.56 bits per heavy atom. The van der Waals surface area contributed by atoms with Crippen molar-refractivity contribution >= 4 is 0 Å². The molecule has 0 saturated carbocycles. The molecule has 1 aromatic carbocycles. The van der Waals surface area contributed by atoms with Crippen molar-refractivity contribution in [1.29, 1.82) is 0 Å². The zero-order valence-electron chi connectivity index (χ0n) is 10.3. The van der Waals surface area contributed by atoms with Gasteiger partial charge in [0.2, 0.25) is 0 Å². The molecule has 1 aromatic rings. The van der Waals surface area contributed by atoms with Crippen LogP contribution in [-0.4, -0.2) is 30.7 Å². The lowest BCUT2D eigenvalue weighted by molar-refractivity contribution is -0.136. The van der Waals surface area contributed by atoms with Crippen LogP contribution in [0.3, 0.4) is 0 Å². The quantitative estimate of drug-likeness (QED) is 0.792. The van der Waals surface area contributed by atoms with E-state index in [1.807, 2.05) is 18.2 Å². The zero-order chi connectivity index (χ0) is 13.0. The van der Waals surface area contributed by atoms with E-state index in [0.717, 1.165) is 19.5 Å². The Morgan fingerprint density at radius 2 is 1.89 bits per heavy atom. The van der Waals surface area contributed by atoms with Crippen LogP contribution in [0.1, 0.15) is 30.7 Å². The van der Waals surface area contributed by atoms with Gasteiger partial charge in [-0.2, -0.15) is 13.2 Å². The van der Waals surface area contributed by atoms with Gasteiger partial charge in [-0.3, -0.25) is 0 Å². The highest BCUT2D eigenvalue weighted by molar-refractivity contribution is 5.20. The van der Waals surface area contributed by atoms with Crippen LogP contribution in [0.25, 0.3) is 0 Å². The molecule has 1 fully saturated rings. The standard InChI is InChI=1S/C14H18F3N/c15-14(16,17)8-4-9-18-10-7-13(11-18)12-5-2-1-3-6-12/h1-3,5-6,13H,4,7-11H2/t13-/m0/s1. The molecule has 18 heavy (non-hydrogen) atoms. The van der Waals surface area contributed by atoms with Gasteiger partial charge in [-0.05, 0) is 37.4 Å². The summed E-state index contributed by atoms with van der Waals surface area (Å²) in [7, 11) is 0. The Labute approximate surface area is 106 Å². The summed E-state index contributed by atoms with van der Waals surface area (Å²) < 4.78 is 36.2. The monoisotopic (exact) mass is 257 g/mol. The van der Waals surface area contributed by atoms with Crippen molar-refractivity contribution in [3.63, 3.8) is 0 Å². The maximum Gasteiger partial charge on any atom is 0.389 e. The fourth-order valence-electron chi connectivity index (χ4n) is 2.54. The van der Waals surface area contributed by atoms with E-state index < -0.39 is 12.6 Å². The van der Waals surface area contributed by atoms with Gasteiger partial charge >= 0.3 is 6.18 Å². The van der Waals surface area contributed by atoms with Crippen molar-refractivity contribution in [3.05, 3.63) is 35.9 Å². The molecule has 4 heteroatoms. The van der Waals surface area contributed by atoms with Crippen molar-refractivity contribution in [2.75, 3.05) is 19.6 Å². The Hall–Kier alpha value is -1.03. The first-order valence-electron chi connectivity index (χ1n) is 6.39. The molecule has 0 radical (unpaired) electrons. The van der Waals surface area contributed by atoms with E-state index in [4.69, 9.17) is 0 Å². The predicted octanol–water partition coefficient (Wildman–Crippen LogP) is 3.82. The summed E-state index contributed by atoms with van der Waals surface area (Å²) >= 11 is 0. The first-order chi connectivity index (χ1) is 8.54. The molecule has 0 aliphatic carbocycles. The summed E-state index contributed by atoms with van der Waals surface area (Å²) in [6.45, 7) is 2.36. The van der Waals surface area contributed by atoms with Gasteiger partial charge < -0.3 is 4.90 Å². The molecule has 0 aromatic heterocycles. The van der Waals surface area contributed by atoms with Crippen molar-refractivity contribution in [2.24, 2.45) is 0 Å². The summed E-state index contributed by atoms with van der Waals surface area (Å²) in [4.78, 5) is 2.14. The number of likely N-dealkylation sites (tertiary alicyclic amines) is 1. The summed E-state index contributed by atoms with van der Waals surface area (Å²) in [6.07, 6.45) is -3.42. The Balaban J connectivity index is 1.76. The summed E-state index contributed by atoms with van der Waals surface area (Å²) in [5.74, 6) is 0.483. The lowest BCUT2D eigenvalue weighted by Crippen LogP contribution is -2.23. The Bertz CT molecular complexity index is 361. The Morgan fingerprint density at radius 1 is 1.17 bits per heavy atom. The van der Waals surface area contributed by atoms with Crippen molar-refractivity contribution in [1.82, 2.24) is 4.90 Å². The first-order valence-corrected chi connectivity index (χ1v) is 6.39. The van der Waals surface area contributed by atoms with Crippen LogP contribution < -0.4 is 0 Å². The molecular formula is C14H18F3N. The van der Waals surface area contributed by atoms with Crippen LogP contribution in [0.2, 0.25) is 0 Å². The van der Waals surface area contributed by atoms with Gasteiger partial charge in [-0.15, -0.1) is 0 Å². The third kappa shape index (κ3) is 4.02. The maximum atomic E-state index is 12.1. The number of rotatable bonds is 4. The molecule has 1 atom stereocenters. The minimum atomic E-state index is -4.02. The molecule has 0 N–H and O–H groups in total. The van der Waals surface area contributed by atoms with Gasteiger partial charge in [0.15, 0.2) is 0 Å². The number of benzene rings is 1. The number of hydrogen-bond donors (Lipinski definition) is 0. The van der Waals surface area contributed by atoms with Crippen LogP contribution in [0.4, 0.5) is 13.2 Å². The average Bonchev–Trinajstić information content (AvgIpc) is 2.77. The molecule has 0 amide bonds. The number of halogens is 3. The fourth-order valence-corrected chi connectivity index (χ4v) is 2.54. The average molecular weight is 257 g/mol. The van der Waals surface area contributed by atoms with Crippen molar-refractivity contribution in [2.45, 2.75) is 31.4 Å². The summed E-state index contributed by atoms with van der Waals surface area (Å²) in [5, 5.41) is 0. The van der Waals surface area contributed by atoms with Crippen molar-refractivity contribution < 1.29 is 13.2 Å². The van der Waals surface area contributed by atoms with Crippen LogP contribution in [-0.2, 0) is 0 Å². The molecule has 0 bridgehead atoms. The first kappa shape index (κ1) is 13.4. The highest BCUT2D eigenvalue weighted by atomic mass is 19.4. The highest BCUT2D eigenvalue weighted by Gasteiger charge is 2.28. The van der Waals surface area contributed by atoms with Crippen LogP contribution in [0.5, 0.6) is 0 Å². The fraction of sp³-hybridized carbons (Fsp3) is 0.571. The second kappa shape index (κ2) is 5.74. The molecule has 100 valence electrons. The zero-order valence-corrected chi connectivity index (χ0v) is 10.3. The molecule has 1 saturated heterocycles. The molecule has 1 nitrogen and oxygen atoms in total. The maximum absolute atomic E-state index is 12.1. The topological polar surface area (TPSA) is 3.24 Å². The third-order valence-corrected chi connectivity index (χ3v) is 3.48. The largest absolute Gasteiger partial charge is 0.389 e. The number of hydrogen-bond acceptors (Lipinski definition) is 1. The van der Waals surface area contributed by atoms with E-state index in [1.54, 1.807) is 0 Å². The predicted molar refractivity (Wildman–Crippen MR) is 65.5 cm³/mol. The van der Waals surface area contributed by atoms with Crippen molar-refractivity contribution in [3.8, 4) is 0 Å². The molecule has 1 aliphatic heterocycles. The van der Waals surface area contributed by atoms with Gasteiger partial charge in [0.1, 0.15) is 0 Å². The highest BCUT2D eigenvalue weighted by Crippen LogP contribution is 2.28. The van der Waals surface area contributed by atoms with Crippen LogP contribution in [0.15, 0.2) is 30.3 Å². The van der Waals surface area contributed by atoms with Gasteiger partial charge in [-0.1, -0.05) is 30.3 Å². The molecule has 0 spiro atoms. The van der Waals surface area contributed by atoms with E-state index in [0.29, 0.717) is 12.5 Å². The Kier molecular flexibility index (Phi) is 4.27. The van der Waals surface area contributed by atoms with E-state index in [1.165, 1.54) is 5.56 Å². The van der Waals surface area contributed by atoms with Crippen LogP contribution in [0, 0.1) is 0 Å². The number of nitrogens with zero attached hydrogens (tertiary/aromatic N) is 1. The minimum Gasteiger partial charge on any atom is -0.303 e. The molecular weight excluding hydrogens is 239 g/mol. The SMILES string of the molecule is FC(F)(F)CCCN1CC[C@H](c2ccccc2)C1. The number of alkyl halides is 3. The molecule has 1 heterocycles. The van der Waals surface area contributed by atoms with E-state index in [9.17, 15) is 13.2 Å². The molecule has 2 rings (SSSR count). The smallest absolute Gasteiger partial charge is 0.303 e.